The fourth-order valence-electron chi connectivity index (χ4n) is 6.64. The lowest BCUT2D eigenvalue weighted by atomic mass is 10.0. The molecule has 0 amide bonds. The molecule has 65 heavy (non-hydrogen) atoms. The first-order valence-electron chi connectivity index (χ1n) is 24.6. The molecular formula is C50H88NO13P. The Labute approximate surface area is 391 Å². The number of ether oxygens (including phenoxy) is 2. The van der Waals surface area contributed by atoms with Crippen molar-refractivity contribution in [1.29, 1.82) is 0 Å². The molecule has 1 unspecified atom stereocenters. The first-order chi connectivity index (χ1) is 31.3. The Morgan fingerprint density at radius 1 is 0.585 bits per heavy atom. The number of carbonyl (C=O) groups excluding carboxylic acids is 2. The second-order valence-electron chi connectivity index (χ2n) is 16.8. The number of phosphoric ester groups is 1. The number of aliphatic hydroxyl groups excluding tert-OH is 3. The molecule has 376 valence electrons. The van der Waals surface area contributed by atoms with E-state index in [9.17, 15) is 39.2 Å². The Morgan fingerprint density at radius 3 is 1.55 bits per heavy atom. The molecule has 0 rings (SSSR count). The molecule has 0 bridgehead atoms. The highest BCUT2D eigenvalue weighted by molar-refractivity contribution is 7.47. The van der Waals surface area contributed by atoms with Gasteiger partial charge in [-0.1, -0.05) is 203 Å². The van der Waals surface area contributed by atoms with Gasteiger partial charge < -0.3 is 40.5 Å². The number of allylic oxidation sites excluding steroid dienone is 7. The third-order valence-electron chi connectivity index (χ3n) is 10.6. The normalized spacial score (nSPS) is 15.6. The summed E-state index contributed by atoms with van der Waals surface area (Å²) >= 11 is 0. The lowest BCUT2D eigenvalue weighted by Crippen LogP contribution is -2.34. The van der Waals surface area contributed by atoms with Gasteiger partial charge in [-0.3, -0.25) is 23.4 Å². The second kappa shape index (κ2) is 43.6. The van der Waals surface area contributed by atoms with Crippen molar-refractivity contribution >= 4 is 25.7 Å². The minimum absolute atomic E-state index is 0.0787. The highest BCUT2D eigenvalue weighted by Gasteiger charge is 2.28. The van der Waals surface area contributed by atoms with E-state index < -0.39 is 76.0 Å². The maximum atomic E-state index is 12.7. The van der Waals surface area contributed by atoms with Crippen LogP contribution in [0.15, 0.2) is 60.8 Å². The summed E-state index contributed by atoms with van der Waals surface area (Å²) in [4.78, 5) is 46.2. The van der Waals surface area contributed by atoms with Crippen molar-refractivity contribution in [2.45, 2.75) is 218 Å². The Hall–Kier alpha value is -2.94. The van der Waals surface area contributed by atoms with E-state index in [0.717, 1.165) is 32.1 Å². The zero-order valence-electron chi connectivity index (χ0n) is 39.9. The number of carbonyl (C=O) groups is 3. The van der Waals surface area contributed by atoms with Gasteiger partial charge in [0.2, 0.25) is 0 Å². The molecule has 6 atom stereocenters. The van der Waals surface area contributed by atoms with Gasteiger partial charge in [-0.25, -0.2) is 4.57 Å². The summed E-state index contributed by atoms with van der Waals surface area (Å²) < 4.78 is 32.6. The maximum Gasteiger partial charge on any atom is 0.472 e. The molecule has 0 aliphatic carbocycles. The molecule has 15 heteroatoms. The summed E-state index contributed by atoms with van der Waals surface area (Å²) in [7, 11) is -4.81. The van der Waals surface area contributed by atoms with Crippen LogP contribution in [0.2, 0.25) is 0 Å². The Balaban J connectivity index is 4.53. The number of rotatable bonds is 45. The topological polar surface area (TPSA) is 232 Å². The summed E-state index contributed by atoms with van der Waals surface area (Å²) in [6, 6.07) is -1.57. The van der Waals surface area contributed by atoms with Gasteiger partial charge in [-0.15, -0.1) is 0 Å². The smallest absolute Gasteiger partial charge is 0.472 e. The first kappa shape index (κ1) is 62.1. The van der Waals surface area contributed by atoms with Crippen LogP contribution in [-0.2, 0) is 37.5 Å². The number of esters is 2. The minimum Gasteiger partial charge on any atom is -0.480 e. The molecular weight excluding hydrogens is 854 g/mol. The SMILES string of the molecule is CC/C=C\C[C@@H](O)/C=C/C=C/C=C\C=C/[C@H](O)[C@@H](O)CCCC(=O)OC[C@H](COP(=O)(O)OC[C@H](N)C(=O)O)OC(=O)CCCCCCCCCCCCCCCCCCCCCCC. The number of carboxylic acid groups (broad SMARTS) is 1. The average Bonchev–Trinajstić information content (AvgIpc) is 3.27. The van der Waals surface area contributed by atoms with E-state index >= 15 is 0 Å². The Kier molecular flexibility index (Phi) is 41.6. The lowest BCUT2D eigenvalue weighted by Gasteiger charge is -2.20. The van der Waals surface area contributed by atoms with Crippen molar-refractivity contribution in [1.82, 2.24) is 0 Å². The Bertz CT molecular complexity index is 1380. The van der Waals surface area contributed by atoms with Crippen LogP contribution in [0.5, 0.6) is 0 Å². The molecule has 0 fully saturated rings. The van der Waals surface area contributed by atoms with E-state index in [4.69, 9.17) is 24.8 Å². The molecule has 0 saturated heterocycles. The van der Waals surface area contributed by atoms with Crippen molar-refractivity contribution in [2.24, 2.45) is 5.73 Å². The number of carboxylic acids is 1. The van der Waals surface area contributed by atoms with Crippen molar-refractivity contribution in [3.8, 4) is 0 Å². The number of hydrogen-bond donors (Lipinski definition) is 6. The molecule has 0 aliphatic heterocycles. The predicted molar refractivity (Wildman–Crippen MR) is 258 cm³/mol. The lowest BCUT2D eigenvalue weighted by molar-refractivity contribution is -0.161. The number of nitrogens with two attached hydrogens (primary N) is 1. The number of hydrogen-bond acceptors (Lipinski definition) is 12. The van der Waals surface area contributed by atoms with Crippen LogP contribution in [0.4, 0.5) is 0 Å². The van der Waals surface area contributed by atoms with E-state index in [2.05, 4.69) is 11.4 Å². The quantitative estimate of drug-likeness (QED) is 0.0110. The minimum atomic E-state index is -4.81. The maximum absolute atomic E-state index is 12.7. The summed E-state index contributed by atoms with van der Waals surface area (Å²) in [5, 5.41) is 39.4. The summed E-state index contributed by atoms with van der Waals surface area (Å²) in [6.45, 7) is 2.29. The van der Waals surface area contributed by atoms with Crippen LogP contribution in [0.1, 0.15) is 187 Å². The van der Waals surface area contributed by atoms with E-state index in [1.165, 1.54) is 109 Å². The summed E-state index contributed by atoms with van der Waals surface area (Å²) in [6.07, 6.45) is 40.9. The molecule has 0 radical (unpaired) electrons. The van der Waals surface area contributed by atoms with Crippen LogP contribution in [0.25, 0.3) is 0 Å². The van der Waals surface area contributed by atoms with Crippen LogP contribution in [-0.4, -0.2) is 93.5 Å². The third kappa shape index (κ3) is 42.2. The van der Waals surface area contributed by atoms with Crippen molar-refractivity contribution in [2.75, 3.05) is 19.8 Å². The zero-order valence-corrected chi connectivity index (χ0v) is 40.8. The predicted octanol–water partition coefficient (Wildman–Crippen LogP) is 10.4. The van der Waals surface area contributed by atoms with Gasteiger partial charge in [0.15, 0.2) is 6.10 Å². The number of phosphoric acid groups is 1. The van der Waals surface area contributed by atoms with Gasteiger partial charge >= 0.3 is 25.7 Å². The van der Waals surface area contributed by atoms with Crippen LogP contribution < -0.4 is 5.73 Å². The van der Waals surface area contributed by atoms with Gasteiger partial charge in [-0.2, -0.15) is 0 Å². The molecule has 0 aromatic rings. The second-order valence-corrected chi connectivity index (χ2v) is 18.2. The molecule has 0 saturated carbocycles. The number of aliphatic carboxylic acids is 1. The van der Waals surface area contributed by atoms with E-state index in [-0.39, 0.29) is 25.7 Å². The van der Waals surface area contributed by atoms with Gasteiger partial charge in [0.1, 0.15) is 12.6 Å². The molecule has 14 nitrogen and oxygen atoms in total. The van der Waals surface area contributed by atoms with E-state index in [1.54, 1.807) is 42.5 Å². The number of unbranched alkanes of at least 4 members (excludes halogenated alkanes) is 20. The molecule has 0 spiro atoms. The van der Waals surface area contributed by atoms with Crippen molar-refractivity contribution in [3.05, 3.63) is 60.8 Å². The first-order valence-corrected chi connectivity index (χ1v) is 26.1. The Morgan fingerprint density at radius 2 is 1.05 bits per heavy atom. The zero-order chi connectivity index (χ0) is 48.2. The van der Waals surface area contributed by atoms with Crippen LogP contribution in [0.3, 0.4) is 0 Å². The highest BCUT2D eigenvalue weighted by atomic mass is 31.2. The fraction of sp³-hybridized carbons (Fsp3) is 0.740. The average molecular weight is 942 g/mol. The van der Waals surface area contributed by atoms with Gasteiger partial charge in [-0.05, 0) is 32.1 Å². The van der Waals surface area contributed by atoms with Gasteiger partial charge in [0.05, 0.1) is 31.5 Å². The number of aliphatic hydroxyl groups is 3. The van der Waals surface area contributed by atoms with E-state index in [1.807, 2.05) is 19.1 Å². The fourth-order valence-corrected chi connectivity index (χ4v) is 7.42. The summed E-state index contributed by atoms with van der Waals surface area (Å²) in [5.74, 6) is -2.75. The van der Waals surface area contributed by atoms with Gasteiger partial charge in [0, 0.05) is 12.8 Å². The van der Waals surface area contributed by atoms with E-state index in [0.29, 0.717) is 12.8 Å². The molecule has 0 heterocycles. The molecule has 0 aromatic heterocycles. The van der Waals surface area contributed by atoms with Crippen LogP contribution >= 0.6 is 7.82 Å². The van der Waals surface area contributed by atoms with Crippen molar-refractivity contribution in [3.63, 3.8) is 0 Å². The van der Waals surface area contributed by atoms with Crippen LogP contribution in [0, 0.1) is 0 Å². The highest BCUT2D eigenvalue weighted by Crippen LogP contribution is 2.43. The van der Waals surface area contributed by atoms with Gasteiger partial charge in [0.25, 0.3) is 0 Å². The molecule has 0 aliphatic rings. The molecule has 0 aromatic carbocycles. The largest absolute Gasteiger partial charge is 0.480 e. The van der Waals surface area contributed by atoms with Crippen molar-refractivity contribution < 1.29 is 62.8 Å². The molecule has 7 N–H and O–H groups in total. The standard InChI is InChI=1S/C50H88NO13P/c1-3-5-7-8-9-10-11-12-13-14-15-16-17-18-19-20-21-22-23-28-32-38-49(56)64-44(41-62-65(59,60)63-42-45(51)50(57)58)40-61-48(55)39-33-37-47(54)46(53)36-31-27-25-24-26-30-35-43(52)34-29-6-4-2/h6,24-27,29-31,35-36,43-47,52-54H,3-5,7-23,28,32-34,37-42,51H2,1-2H3,(H,57,58)(H,59,60)/b26-24+,27-25-,29-6-,35-30+,36-31-/t43-,44-,45+,46+,47+/m1/s1. The monoisotopic (exact) mass is 942 g/mol. The third-order valence-corrected chi connectivity index (χ3v) is 11.6. The summed E-state index contributed by atoms with van der Waals surface area (Å²) in [5.41, 5.74) is 5.33.